The van der Waals surface area contributed by atoms with Gasteiger partial charge in [0.2, 0.25) is 11.8 Å². The minimum Gasteiger partial charge on any atom is -0.382 e. The van der Waals surface area contributed by atoms with Crippen LogP contribution in [0.15, 0.2) is 48.5 Å². The van der Waals surface area contributed by atoms with Crippen molar-refractivity contribution in [1.29, 1.82) is 5.26 Å². The minimum atomic E-state index is -0.850. The zero-order valence-corrected chi connectivity index (χ0v) is 18.2. The number of aromatic nitrogens is 2. The van der Waals surface area contributed by atoms with Gasteiger partial charge in [-0.25, -0.2) is 13.5 Å². The molecule has 0 spiro atoms. The molecule has 8 nitrogen and oxygen atoms in total. The van der Waals surface area contributed by atoms with Gasteiger partial charge in [-0.3, -0.25) is 9.59 Å². The molecule has 174 valence electrons. The van der Waals surface area contributed by atoms with Gasteiger partial charge in [-0.05, 0) is 37.1 Å². The van der Waals surface area contributed by atoms with Crippen LogP contribution in [-0.4, -0.2) is 34.7 Å². The second kappa shape index (κ2) is 9.70. The topological polar surface area (TPSA) is 117 Å². The van der Waals surface area contributed by atoms with Crippen LogP contribution in [-0.2, 0) is 16.0 Å². The van der Waals surface area contributed by atoms with Gasteiger partial charge in [-0.1, -0.05) is 18.2 Å². The maximum atomic E-state index is 14.0. The van der Waals surface area contributed by atoms with E-state index in [0.29, 0.717) is 36.7 Å². The van der Waals surface area contributed by atoms with Crippen molar-refractivity contribution in [2.75, 3.05) is 23.7 Å². The first-order valence-corrected chi connectivity index (χ1v) is 10.7. The number of amides is 2. The molecule has 4 rings (SSSR count). The summed E-state index contributed by atoms with van der Waals surface area (Å²) in [6.45, 7) is 0.321. The number of nitrogens with two attached hydrogens (primary N) is 1. The third-order valence-corrected chi connectivity index (χ3v) is 5.69. The number of hydrogen-bond donors (Lipinski definition) is 2. The number of nitrogen functional groups attached to an aromatic ring is 1. The van der Waals surface area contributed by atoms with Crippen molar-refractivity contribution in [3.63, 3.8) is 0 Å². The molecule has 3 aromatic rings. The quantitative estimate of drug-likeness (QED) is 0.522. The Morgan fingerprint density at radius 1 is 1.24 bits per heavy atom. The van der Waals surface area contributed by atoms with Crippen molar-refractivity contribution in [2.24, 2.45) is 5.92 Å². The smallest absolute Gasteiger partial charge is 0.227 e. The van der Waals surface area contributed by atoms with Crippen molar-refractivity contribution >= 4 is 23.3 Å². The number of anilines is 2. The number of nitriles is 1. The average Bonchev–Trinajstić information content (AvgIpc) is 3.36. The number of rotatable bonds is 7. The molecule has 0 radical (unpaired) electrons. The fourth-order valence-corrected chi connectivity index (χ4v) is 3.97. The Labute approximate surface area is 194 Å². The predicted octanol–water partition coefficient (Wildman–Crippen LogP) is 2.71. The number of carbonyl (C=O) groups is 2. The zero-order valence-electron chi connectivity index (χ0n) is 18.2. The number of aryl methyl sites for hydroxylation is 1. The van der Waals surface area contributed by atoms with E-state index in [1.165, 1.54) is 10.7 Å². The lowest BCUT2D eigenvalue weighted by molar-refractivity contribution is -0.126. The molecule has 2 heterocycles. The summed E-state index contributed by atoms with van der Waals surface area (Å²) < 4.78 is 28.7. The van der Waals surface area contributed by atoms with Crippen molar-refractivity contribution < 1.29 is 18.4 Å². The molecule has 1 unspecified atom stereocenters. The van der Waals surface area contributed by atoms with E-state index in [2.05, 4.69) is 16.5 Å². The van der Waals surface area contributed by atoms with Crippen LogP contribution in [0, 0.1) is 28.9 Å². The Balaban J connectivity index is 1.33. The van der Waals surface area contributed by atoms with Gasteiger partial charge in [-0.15, -0.1) is 0 Å². The molecule has 1 aromatic heterocycles. The third kappa shape index (κ3) is 4.59. The van der Waals surface area contributed by atoms with Gasteiger partial charge >= 0.3 is 0 Å². The van der Waals surface area contributed by atoms with Crippen molar-refractivity contribution in [3.8, 4) is 11.8 Å². The van der Waals surface area contributed by atoms with Gasteiger partial charge in [0.15, 0.2) is 0 Å². The first kappa shape index (κ1) is 22.9. The van der Waals surface area contributed by atoms with Crippen LogP contribution in [0.1, 0.15) is 24.1 Å². The van der Waals surface area contributed by atoms with E-state index in [1.807, 2.05) is 30.3 Å². The molecule has 0 bridgehead atoms. The SMILES string of the molecule is N#Cc1c(CCCNC(=O)C2CC(=O)N(c3ccc(F)cc3F)C2)nn(-c2ccccc2)c1N. The molecule has 1 atom stereocenters. The number of halogens is 2. The number of hydrogen-bond acceptors (Lipinski definition) is 5. The Morgan fingerprint density at radius 2 is 2.00 bits per heavy atom. The highest BCUT2D eigenvalue weighted by molar-refractivity contribution is 6.00. The summed E-state index contributed by atoms with van der Waals surface area (Å²) >= 11 is 0. The van der Waals surface area contributed by atoms with E-state index in [-0.39, 0.29) is 30.4 Å². The normalized spacial score (nSPS) is 15.4. The molecule has 0 aliphatic carbocycles. The molecule has 1 aliphatic rings. The fraction of sp³-hybridized carbons (Fsp3) is 0.250. The molecule has 2 aromatic carbocycles. The summed E-state index contributed by atoms with van der Waals surface area (Å²) in [4.78, 5) is 26.0. The van der Waals surface area contributed by atoms with E-state index >= 15 is 0 Å². The Hall–Kier alpha value is -4.26. The van der Waals surface area contributed by atoms with E-state index in [4.69, 9.17) is 5.73 Å². The standard InChI is InChI=1S/C24H22F2N6O2/c25-16-8-9-21(19(26)12-16)31-14-15(11-22(31)33)24(34)29-10-4-7-20-18(13-27)23(28)32(30-20)17-5-2-1-3-6-17/h1-3,5-6,8-9,12,15H,4,7,10-11,14,28H2,(H,29,34). The predicted molar refractivity (Wildman–Crippen MR) is 121 cm³/mol. The van der Waals surface area contributed by atoms with Gasteiger partial charge in [0.05, 0.1) is 23.0 Å². The highest BCUT2D eigenvalue weighted by atomic mass is 19.1. The van der Waals surface area contributed by atoms with E-state index < -0.39 is 23.5 Å². The number of nitrogens with zero attached hydrogens (tertiary/aromatic N) is 4. The third-order valence-electron chi connectivity index (χ3n) is 5.69. The summed E-state index contributed by atoms with van der Waals surface area (Å²) in [5.74, 6) is -2.70. The molecule has 1 saturated heterocycles. The van der Waals surface area contributed by atoms with Gasteiger partial charge in [-0.2, -0.15) is 10.4 Å². The first-order valence-electron chi connectivity index (χ1n) is 10.7. The number of carbonyl (C=O) groups excluding carboxylic acids is 2. The lowest BCUT2D eigenvalue weighted by Crippen LogP contribution is -2.33. The van der Waals surface area contributed by atoms with Crippen LogP contribution in [0.25, 0.3) is 5.69 Å². The number of benzene rings is 2. The fourth-order valence-electron chi connectivity index (χ4n) is 3.97. The van der Waals surface area contributed by atoms with Crippen LogP contribution in [0.5, 0.6) is 0 Å². The van der Waals surface area contributed by atoms with Gasteiger partial charge < -0.3 is 16.0 Å². The zero-order chi connectivity index (χ0) is 24.2. The highest BCUT2D eigenvalue weighted by Crippen LogP contribution is 2.28. The molecule has 34 heavy (non-hydrogen) atoms. The average molecular weight is 464 g/mol. The van der Waals surface area contributed by atoms with Crippen LogP contribution in [0.2, 0.25) is 0 Å². The lowest BCUT2D eigenvalue weighted by Gasteiger charge is -2.17. The maximum absolute atomic E-state index is 14.0. The van der Waals surface area contributed by atoms with Gasteiger partial charge in [0.1, 0.15) is 29.1 Å². The largest absolute Gasteiger partial charge is 0.382 e. The van der Waals surface area contributed by atoms with Crippen LogP contribution < -0.4 is 16.0 Å². The van der Waals surface area contributed by atoms with Gasteiger partial charge in [0, 0.05) is 25.6 Å². The van der Waals surface area contributed by atoms with Crippen LogP contribution >= 0.6 is 0 Å². The Bertz CT molecular complexity index is 1270. The van der Waals surface area contributed by atoms with E-state index in [9.17, 15) is 23.6 Å². The lowest BCUT2D eigenvalue weighted by atomic mass is 10.1. The molecule has 10 heteroatoms. The molecule has 1 fully saturated rings. The Morgan fingerprint density at radius 3 is 2.71 bits per heavy atom. The van der Waals surface area contributed by atoms with Gasteiger partial charge in [0.25, 0.3) is 0 Å². The first-order chi connectivity index (χ1) is 16.4. The summed E-state index contributed by atoms with van der Waals surface area (Å²) in [6, 6.07) is 14.3. The molecule has 3 N–H and O–H groups in total. The second-order valence-corrected chi connectivity index (χ2v) is 7.96. The molecule has 1 aliphatic heterocycles. The van der Waals surface area contributed by atoms with Crippen molar-refractivity contribution in [3.05, 3.63) is 71.4 Å². The molecular weight excluding hydrogens is 442 g/mol. The van der Waals surface area contributed by atoms with E-state index in [0.717, 1.165) is 16.7 Å². The summed E-state index contributed by atoms with van der Waals surface area (Å²) in [7, 11) is 0. The van der Waals surface area contributed by atoms with Crippen molar-refractivity contribution in [2.45, 2.75) is 19.3 Å². The summed E-state index contributed by atoms with van der Waals surface area (Å²) in [5.41, 5.74) is 7.63. The van der Waals surface area contributed by atoms with Crippen LogP contribution in [0.3, 0.4) is 0 Å². The van der Waals surface area contributed by atoms with Crippen LogP contribution in [0.4, 0.5) is 20.3 Å². The summed E-state index contributed by atoms with van der Waals surface area (Å²) in [6.07, 6.45) is 0.867. The molecule has 2 amide bonds. The van der Waals surface area contributed by atoms with Crippen molar-refractivity contribution in [1.82, 2.24) is 15.1 Å². The number of para-hydroxylation sites is 1. The monoisotopic (exact) mass is 464 g/mol. The Kier molecular flexibility index (Phi) is 6.54. The maximum Gasteiger partial charge on any atom is 0.227 e. The molecular formula is C24H22F2N6O2. The summed E-state index contributed by atoms with van der Waals surface area (Å²) in [5, 5.41) is 16.7. The second-order valence-electron chi connectivity index (χ2n) is 7.96. The highest BCUT2D eigenvalue weighted by Gasteiger charge is 2.36. The number of nitrogens with one attached hydrogen (secondary N) is 1. The minimum absolute atomic E-state index is 0.0177. The molecule has 0 saturated carbocycles. The van der Waals surface area contributed by atoms with E-state index in [1.54, 1.807) is 0 Å².